The van der Waals surface area contributed by atoms with Gasteiger partial charge >= 0.3 is 0 Å². The Morgan fingerprint density at radius 3 is 2.50 bits per heavy atom. The van der Waals surface area contributed by atoms with Crippen molar-refractivity contribution in [3.05, 3.63) is 42.5 Å². The van der Waals surface area contributed by atoms with Crippen LogP contribution in [0.1, 0.15) is 37.7 Å². The first-order valence-electron chi connectivity index (χ1n) is 7.92. The van der Waals surface area contributed by atoms with Crippen molar-refractivity contribution >= 4 is 5.57 Å². The molecule has 0 aliphatic carbocycles. The molecule has 1 N–H and O–H groups in total. The maximum absolute atomic E-state index is 4.22. The molecule has 2 aliphatic heterocycles. The van der Waals surface area contributed by atoms with Gasteiger partial charge in [-0.3, -0.25) is 0 Å². The molecule has 0 aromatic heterocycles. The maximum atomic E-state index is 4.22. The van der Waals surface area contributed by atoms with Gasteiger partial charge in [0, 0.05) is 24.7 Å². The number of nitrogens with one attached hydrogen (secondary N) is 1. The quantitative estimate of drug-likeness (QED) is 0.903. The Kier molecular flexibility index (Phi) is 4.23. The van der Waals surface area contributed by atoms with E-state index in [0.717, 1.165) is 18.6 Å². The van der Waals surface area contributed by atoms with E-state index in [9.17, 15) is 0 Å². The number of piperidine rings is 2. The van der Waals surface area contributed by atoms with Gasteiger partial charge in [-0.2, -0.15) is 0 Å². The third-order valence-electron chi connectivity index (χ3n) is 5.13. The highest BCUT2D eigenvalue weighted by Crippen LogP contribution is 2.32. The van der Waals surface area contributed by atoms with E-state index in [-0.39, 0.29) is 0 Å². The molecular weight excluding hydrogens is 244 g/mol. The zero-order valence-corrected chi connectivity index (χ0v) is 12.5. The molecule has 2 heterocycles. The van der Waals surface area contributed by atoms with Gasteiger partial charge in [0.2, 0.25) is 0 Å². The van der Waals surface area contributed by atoms with Gasteiger partial charge in [-0.1, -0.05) is 43.3 Å². The molecule has 0 amide bonds. The van der Waals surface area contributed by atoms with Gasteiger partial charge < -0.3 is 10.2 Å². The van der Waals surface area contributed by atoms with Crippen LogP contribution < -0.4 is 5.32 Å². The summed E-state index contributed by atoms with van der Waals surface area (Å²) in [5.41, 5.74) is 2.46. The van der Waals surface area contributed by atoms with E-state index in [2.05, 4.69) is 54.2 Å². The van der Waals surface area contributed by atoms with Gasteiger partial charge in [-0.25, -0.2) is 0 Å². The molecule has 2 unspecified atom stereocenters. The van der Waals surface area contributed by atoms with Crippen molar-refractivity contribution in [3.8, 4) is 0 Å². The van der Waals surface area contributed by atoms with Gasteiger partial charge in [0.05, 0.1) is 0 Å². The molecule has 1 aromatic rings. The normalized spacial score (nSPS) is 30.1. The zero-order chi connectivity index (χ0) is 13.9. The molecule has 3 rings (SSSR count). The van der Waals surface area contributed by atoms with Crippen molar-refractivity contribution < 1.29 is 0 Å². The van der Waals surface area contributed by atoms with Gasteiger partial charge in [0.1, 0.15) is 0 Å². The van der Waals surface area contributed by atoms with Gasteiger partial charge in [0.15, 0.2) is 0 Å². The third-order valence-corrected chi connectivity index (χ3v) is 5.13. The van der Waals surface area contributed by atoms with E-state index in [1.54, 1.807) is 0 Å². The molecule has 0 saturated carbocycles. The SMILES string of the molecule is C=C(CNC1CC2CCCC(C1)N2C)c1ccccc1. The van der Waals surface area contributed by atoms with Crippen molar-refractivity contribution in [3.63, 3.8) is 0 Å². The second-order valence-electron chi connectivity index (χ2n) is 6.42. The first kappa shape index (κ1) is 13.8. The lowest BCUT2D eigenvalue weighted by Crippen LogP contribution is -2.54. The Balaban J connectivity index is 1.53. The van der Waals surface area contributed by atoms with Crippen LogP contribution in [-0.4, -0.2) is 36.6 Å². The van der Waals surface area contributed by atoms with E-state index in [4.69, 9.17) is 0 Å². The minimum Gasteiger partial charge on any atom is -0.310 e. The first-order chi connectivity index (χ1) is 9.74. The predicted octanol–water partition coefficient (Wildman–Crippen LogP) is 3.30. The van der Waals surface area contributed by atoms with Crippen molar-refractivity contribution in [2.24, 2.45) is 0 Å². The number of hydrogen-bond acceptors (Lipinski definition) is 2. The van der Waals surface area contributed by atoms with Crippen molar-refractivity contribution in [1.29, 1.82) is 0 Å². The van der Waals surface area contributed by atoms with E-state index in [1.165, 1.54) is 43.2 Å². The highest BCUT2D eigenvalue weighted by atomic mass is 15.2. The van der Waals surface area contributed by atoms with E-state index >= 15 is 0 Å². The summed E-state index contributed by atoms with van der Waals surface area (Å²) < 4.78 is 0. The number of nitrogens with zero attached hydrogens (tertiary/aromatic N) is 1. The summed E-state index contributed by atoms with van der Waals surface area (Å²) in [7, 11) is 2.31. The molecular formula is C18H26N2. The zero-order valence-electron chi connectivity index (χ0n) is 12.5. The lowest BCUT2D eigenvalue weighted by Gasteiger charge is -2.47. The van der Waals surface area contributed by atoms with Crippen LogP contribution in [0.25, 0.3) is 5.57 Å². The Morgan fingerprint density at radius 2 is 1.85 bits per heavy atom. The van der Waals surface area contributed by atoms with Crippen molar-refractivity contribution in [2.45, 2.75) is 50.2 Å². The van der Waals surface area contributed by atoms with Crippen molar-refractivity contribution in [1.82, 2.24) is 10.2 Å². The molecule has 0 spiro atoms. The standard InChI is InChI=1S/C18H26N2/c1-14(15-7-4-3-5-8-15)13-19-16-11-17-9-6-10-18(12-16)20(17)2/h3-5,7-8,16-19H,1,6,9-13H2,2H3. The largest absolute Gasteiger partial charge is 0.310 e. The topological polar surface area (TPSA) is 15.3 Å². The molecule has 20 heavy (non-hydrogen) atoms. The summed E-state index contributed by atoms with van der Waals surface area (Å²) in [6, 6.07) is 12.8. The van der Waals surface area contributed by atoms with Crippen LogP contribution in [0.15, 0.2) is 36.9 Å². The second kappa shape index (κ2) is 6.11. The van der Waals surface area contributed by atoms with Crippen LogP contribution in [-0.2, 0) is 0 Å². The highest BCUT2D eigenvalue weighted by molar-refractivity contribution is 5.64. The third kappa shape index (κ3) is 2.97. The first-order valence-corrected chi connectivity index (χ1v) is 7.92. The summed E-state index contributed by atoms with van der Waals surface area (Å²) in [6.07, 6.45) is 6.78. The summed E-state index contributed by atoms with van der Waals surface area (Å²) >= 11 is 0. The summed E-state index contributed by atoms with van der Waals surface area (Å²) in [6.45, 7) is 5.14. The number of hydrogen-bond donors (Lipinski definition) is 1. The molecule has 2 nitrogen and oxygen atoms in total. The summed E-state index contributed by atoms with van der Waals surface area (Å²) in [4.78, 5) is 2.62. The Morgan fingerprint density at radius 1 is 1.20 bits per heavy atom. The summed E-state index contributed by atoms with van der Waals surface area (Å²) in [5.74, 6) is 0. The van der Waals surface area contributed by atoms with Gasteiger partial charge in [-0.05, 0) is 43.9 Å². The molecule has 108 valence electrons. The molecule has 2 atom stereocenters. The lowest BCUT2D eigenvalue weighted by atomic mass is 9.82. The number of rotatable bonds is 4. The van der Waals surface area contributed by atoms with Crippen LogP contribution in [0.4, 0.5) is 0 Å². The van der Waals surface area contributed by atoms with Crippen molar-refractivity contribution in [2.75, 3.05) is 13.6 Å². The Labute approximate surface area is 122 Å². The van der Waals surface area contributed by atoms with Crippen LogP contribution in [0, 0.1) is 0 Å². The number of benzene rings is 1. The van der Waals surface area contributed by atoms with Crippen LogP contribution in [0.5, 0.6) is 0 Å². The minimum atomic E-state index is 0.668. The smallest absolute Gasteiger partial charge is 0.0208 e. The van der Waals surface area contributed by atoms with Gasteiger partial charge in [0.25, 0.3) is 0 Å². The van der Waals surface area contributed by atoms with Crippen LogP contribution in [0.2, 0.25) is 0 Å². The molecule has 2 bridgehead atoms. The molecule has 2 heteroatoms. The average Bonchev–Trinajstić information content (AvgIpc) is 2.46. The predicted molar refractivity (Wildman–Crippen MR) is 85.7 cm³/mol. The maximum Gasteiger partial charge on any atom is 0.0208 e. The molecule has 2 aliphatic rings. The Bertz CT molecular complexity index is 440. The van der Waals surface area contributed by atoms with E-state index in [0.29, 0.717) is 6.04 Å². The molecule has 0 radical (unpaired) electrons. The Hall–Kier alpha value is -1.12. The van der Waals surface area contributed by atoms with E-state index < -0.39 is 0 Å². The van der Waals surface area contributed by atoms with Crippen LogP contribution >= 0.6 is 0 Å². The lowest BCUT2D eigenvalue weighted by molar-refractivity contribution is 0.0496. The average molecular weight is 270 g/mol. The number of fused-ring (bicyclic) bond motifs is 2. The molecule has 2 fully saturated rings. The fraction of sp³-hybridized carbons (Fsp3) is 0.556. The fourth-order valence-corrected chi connectivity index (χ4v) is 3.83. The van der Waals surface area contributed by atoms with Crippen LogP contribution in [0.3, 0.4) is 0 Å². The summed E-state index contributed by atoms with van der Waals surface area (Å²) in [5, 5.41) is 3.74. The molecule has 1 aromatic carbocycles. The monoisotopic (exact) mass is 270 g/mol. The highest BCUT2D eigenvalue weighted by Gasteiger charge is 2.35. The van der Waals surface area contributed by atoms with E-state index in [1.807, 2.05) is 0 Å². The van der Waals surface area contributed by atoms with Gasteiger partial charge in [-0.15, -0.1) is 0 Å². The fourth-order valence-electron chi connectivity index (χ4n) is 3.83. The second-order valence-corrected chi connectivity index (χ2v) is 6.42. The molecule has 2 saturated heterocycles. The minimum absolute atomic E-state index is 0.668.